The summed E-state index contributed by atoms with van der Waals surface area (Å²) in [6.07, 6.45) is 2.69. The van der Waals surface area contributed by atoms with Crippen molar-refractivity contribution in [1.82, 2.24) is 5.32 Å². The Morgan fingerprint density at radius 3 is 2.42 bits per heavy atom. The SMILES string of the molecule is CCCNC(=O)CSC1=NC(=Cc2ccc(C(C)C)cc2)C(=O)N1c1ccc(C)cc1. The lowest BCUT2D eigenvalue weighted by atomic mass is 10.0. The lowest BCUT2D eigenvalue weighted by Crippen LogP contribution is -2.32. The third-order valence-electron chi connectivity index (χ3n) is 4.93. The topological polar surface area (TPSA) is 61.8 Å². The molecule has 1 aliphatic rings. The fourth-order valence-corrected chi connectivity index (χ4v) is 3.94. The molecule has 0 bridgehead atoms. The van der Waals surface area contributed by atoms with Crippen LogP contribution in [0.4, 0.5) is 5.69 Å². The van der Waals surface area contributed by atoms with Crippen LogP contribution in [0.3, 0.4) is 0 Å². The Morgan fingerprint density at radius 2 is 1.81 bits per heavy atom. The molecule has 6 heteroatoms. The molecular weight excluding hydrogens is 406 g/mol. The Bertz CT molecular complexity index is 992. The lowest BCUT2D eigenvalue weighted by molar-refractivity contribution is -0.118. The first-order valence-corrected chi connectivity index (χ1v) is 11.6. The van der Waals surface area contributed by atoms with Gasteiger partial charge in [0.2, 0.25) is 5.91 Å². The molecular formula is C25H29N3O2S. The predicted octanol–water partition coefficient (Wildman–Crippen LogP) is 5.12. The normalized spacial score (nSPS) is 15.0. The van der Waals surface area contributed by atoms with Crippen LogP contribution in [0.5, 0.6) is 0 Å². The van der Waals surface area contributed by atoms with Crippen molar-refractivity contribution in [3.05, 3.63) is 70.9 Å². The molecule has 2 aromatic rings. The van der Waals surface area contributed by atoms with Gasteiger partial charge in [0.1, 0.15) is 5.70 Å². The van der Waals surface area contributed by atoms with Gasteiger partial charge in [-0.05, 0) is 48.6 Å². The average molecular weight is 436 g/mol. The molecule has 0 atom stereocenters. The van der Waals surface area contributed by atoms with Gasteiger partial charge in [-0.1, -0.05) is 74.5 Å². The van der Waals surface area contributed by atoms with E-state index in [-0.39, 0.29) is 17.6 Å². The number of carbonyl (C=O) groups excluding carboxylic acids is 2. The van der Waals surface area contributed by atoms with Crippen LogP contribution in [0.1, 0.15) is 49.8 Å². The molecule has 0 radical (unpaired) electrons. The zero-order chi connectivity index (χ0) is 22.4. The first kappa shape index (κ1) is 22.8. The molecule has 0 unspecified atom stereocenters. The maximum absolute atomic E-state index is 13.2. The van der Waals surface area contributed by atoms with Crippen molar-refractivity contribution in [3.8, 4) is 0 Å². The fourth-order valence-electron chi connectivity index (χ4n) is 3.10. The first-order chi connectivity index (χ1) is 14.9. The highest BCUT2D eigenvalue weighted by Gasteiger charge is 2.32. The summed E-state index contributed by atoms with van der Waals surface area (Å²) in [6, 6.07) is 15.9. The van der Waals surface area contributed by atoms with E-state index in [9.17, 15) is 9.59 Å². The molecule has 0 aliphatic carbocycles. The fraction of sp³-hybridized carbons (Fsp3) is 0.320. The zero-order valence-electron chi connectivity index (χ0n) is 18.5. The molecule has 2 amide bonds. The molecule has 162 valence electrons. The number of anilines is 1. The molecule has 0 spiro atoms. The van der Waals surface area contributed by atoms with Gasteiger partial charge in [-0.2, -0.15) is 0 Å². The summed E-state index contributed by atoms with van der Waals surface area (Å²) < 4.78 is 0. The van der Waals surface area contributed by atoms with Gasteiger partial charge in [0.25, 0.3) is 5.91 Å². The van der Waals surface area contributed by atoms with E-state index in [1.807, 2.05) is 50.2 Å². The third-order valence-corrected chi connectivity index (χ3v) is 5.87. The van der Waals surface area contributed by atoms with Crippen LogP contribution in [-0.4, -0.2) is 29.3 Å². The van der Waals surface area contributed by atoms with Gasteiger partial charge in [0.15, 0.2) is 5.17 Å². The molecule has 31 heavy (non-hydrogen) atoms. The summed E-state index contributed by atoms with van der Waals surface area (Å²) >= 11 is 1.28. The Morgan fingerprint density at radius 1 is 1.13 bits per heavy atom. The van der Waals surface area contributed by atoms with Crippen LogP contribution in [0.15, 0.2) is 59.2 Å². The molecule has 1 N–H and O–H groups in total. The highest BCUT2D eigenvalue weighted by Crippen LogP contribution is 2.29. The van der Waals surface area contributed by atoms with Crippen molar-refractivity contribution in [2.75, 3.05) is 17.2 Å². The van der Waals surface area contributed by atoms with E-state index in [0.717, 1.165) is 23.2 Å². The van der Waals surface area contributed by atoms with E-state index in [0.29, 0.717) is 23.3 Å². The second-order valence-electron chi connectivity index (χ2n) is 7.86. The molecule has 1 aliphatic heterocycles. The van der Waals surface area contributed by atoms with Gasteiger partial charge >= 0.3 is 0 Å². The Labute approximate surface area is 188 Å². The summed E-state index contributed by atoms with van der Waals surface area (Å²) in [4.78, 5) is 31.5. The largest absolute Gasteiger partial charge is 0.355 e. The van der Waals surface area contributed by atoms with Gasteiger partial charge in [0, 0.05) is 6.54 Å². The first-order valence-electron chi connectivity index (χ1n) is 10.6. The van der Waals surface area contributed by atoms with Gasteiger partial charge in [-0.3, -0.25) is 14.5 Å². The van der Waals surface area contributed by atoms with Gasteiger partial charge in [-0.25, -0.2) is 4.99 Å². The Balaban J connectivity index is 1.87. The second-order valence-corrected chi connectivity index (χ2v) is 8.80. The Hall–Kier alpha value is -2.86. The van der Waals surface area contributed by atoms with Crippen molar-refractivity contribution < 1.29 is 9.59 Å². The number of carbonyl (C=O) groups is 2. The summed E-state index contributed by atoms with van der Waals surface area (Å²) in [5.41, 5.74) is 4.40. The van der Waals surface area contributed by atoms with Crippen LogP contribution in [0.25, 0.3) is 6.08 Å². The molecule has 0 saturated carbocycles. The molecule has 5 nitrogen and oxygen atoms in total. The summed E-state index contributed by atoms with van der Waals surface area (Å²) in [6.45, 7) is 8.96. The quantitative estimate of drug-likeness (QED) is 0.614. The number of rotatable bonds is 7. The number of aliphatic imine (C=N–C) groups is 1. The number of nitrogens with zero attached hydrogens (tertiary/aromatic N) is 2. The molecule has 1 heterocycles. The van der Waals surface area contributed by atoms with E-state index >= 15 is 0 Å². The highest BCUT2D eigenvalue weighted by atomic mass is 32.2. The predicted molar refractivity (Wildman–Crippen MR) is 130 cm³/mol. The minimum atomic E-state index is -0.187. The number of hydrogen-bond donors (Lipinski definition) is 1. The van der Waals surface area contributed by atoms with Crippen LogP contribution >= 0.6 is 11.8 Å². The van der Waals surface area contributed by atoms with Crippen molar-refractivity contribution in [3.63, 3.8) is 0 Å². The zero-order valence-corrected chi connectivity index (χ0v) is 19.3. The monoisotopic (exact) mass is 435 g/mol. The molecule has 0 aromatic heterocycles. The number of hydrogen-bond acceptors (Lipinski definition) is 4. The lowest BCUT2D eigenvalue weighted by Gasteiger charge is -2.18. The number of aryl methyl sites for hydroxylation is 1. The van der Waals surface area contributed by atoms with Gasteiger partial charge in [-0.15, -0.1) is 0 Å². The van der Waals surface area contributed by atoms with E-state index in [1.54, 1.807) is 11.0 Å². The van der Waals surface area contributed by atoms with E-state index in [1.165, 1.54) is 17.3 Å². The smallest absolute Gasteiger partial charge is 0.283 e. The number of amides is 2. The summed E-state index contributed by atoms with van der Waals surface area (Å²) in [5.74, 6) is 0.415. The van der Waals surface area contributed by atoms with Crippen molar-refractivity contribution in [2.45, 2.75) is 40.0 Å². The third kappa shape index (κ3) is 5.85. The molecule has 3 rings (SSSR count). The van der Waals surface area contributed by atoms with Crippen LogP contribution in [0, 0.1) is 6.92 Å². The van der Waals surface area contributed by atoms with Crippen LogP contribution in [-0.2, 0) is 9.59 Å². The van der Waals surface area contributed by atoms with E-state index in [2.05, 4.69) is 36.3 Å². The van der Waals surface area contributed by atoms with Crippen molar-refractivity contribution in [1.29, 1.82) is 0 Å². The van der Waals surface area contributed by atoms with E-state index < -0.39 is 0 Å². The summed E-state index contributed by atoms with van der Waals surface area (Å²) in [5, 5.41) is 3.38. The number of thioether (sulfide) groups is 1. The maximum atomic E-state index is 13.2. The molecule has 2 aromatic carbocycles. The minimum absolute atomic E-state index is 0.0624. The molecule has 0 fully saturated rings. The minimum Gasteiger partial charge on any atom is -0.355 e. The average Bonchev–Trinajstić information content (AvgIpc) is 3.06. The van der Waals surface area contributed by atoms with Crippen molar-refractivity contribution >= 4 is 40.5 Å². The number of benzene rings is 2. The van der Waals surface area contributed by atoms with Crippen LogP contribution in [0.2, 0.25) is 0 Å². The highest BCUT2D eigenvalue weighted by molar-refractivity contribution is 8.14. The van der Waals surface area contributed by atoms with Crippen LogP contribution < -0.4 is 10.2 Å². The van der Waals surface area contributed by atoms with Gasteiger partial charge in [0.05, 0.1) is 11.4 Å². The maximum Gasteiger partial charge on any atom is 0.283 e. The second kappa shape index (κ2) is 10.4. The Kier molecular flexibility index (Phi) is 7.69. The standard InChI is InChI=1S/C25H29N3O2S/c1-5-14-26-23(29)16-31-25-27-22(15-19-8-10-20(11-9-19)17(2)3)24(30)28(25)21-12-6-18(4)7-13-21/h6-13,15,17H,5,14,16H2,1-4H3,(H,26,29). The number of nitrogens with one attached hydrogen (secondary N) is 1. The van der Waals surface area contributed by atoms with E-state index in [4.69, 9.17) is 0 Å². The van der Waals surface area contributed by atoms with Crippen molar-refractivity contribution in [2.24, 2.45) is 4.99 Å². The van der Waals surface area contributed by atoms with Gasteiger partial charge < -0.3 is 5.32 Å². The molecule has 0 saturated heterocycles. The number of amidine groups is 1. The summed E-state index contributed by atoms with van der Waals surface area (Å²) in [7, 11) is 0.